The minimum atomic E-state index is -0.351. The van der Waals surface area contributed by atoms with Crippen LogP contribution >= 0.6 is 0 Å². The zero-order valence-corrected chi connectivity index (χ0v) is 12.6. The van der Waals surface area contributed by atoms with Crippen LogP contribution in [0.4, 0.5) is 10.2 Å². The van der Waals surface area contributed by atoms with Crippen molar-refractivity contribution in [3.05, 3.63) is 65.6 Å². The second-order valence-corrected chi connectivity index (χ2v) is 4.99. The van der Waals surface area contributed by atoms with E-state index in [9.17, 15) is 9.18 Å². The van der Waals surface area contributed by atoms with E-state index in [2.05, 4.69) is 10.3 Å². The van der Waals surface area contributed by atoms with Gasteiger partial charge in [-0.25, -0.2) is 9.37 Å². The molecule has 2 aromatic rings. The first-order chi connectivity index (χ1) is 10.6. The van der Waals surface area contributed by atoms with Crippen LogP contribution < -0.4 is 10.2 Å². The van der Waals surface area contributed by atoms with Crippen LogP contribution in [0.15, 0.2) is 48.7 Å². The van der Waals surface area contributed by atoms with E-state index in [4.69, 9.17) is 0 Å². The Morgan fingerprint density at radius 3 is 2.82 bits per heavy atom. The summed E-state index contributed by atoms with van der Waals surface area (Å²) in [6.45, 7) is 0.393. The van der Waals surface area contributed by atoms with Crippen LogP contribution in [0.3, 0.4) is 0 Å². The van der Waals surface area contributed by atoms with Crippen LogP contribution in [0, 0.1) is 5.82 Å². The smallest absolute Gasteiger partial charge is 0.244 e. The van der Waals surface area contributed by atoms with E-state index < -0.39 is 0 Å². The van der Waals surface area contributed by atoms with Crippen molar-refractivity contribution in [2.24, 2.45) is 0 Å². The molecule has 22 heavy (non-hydrogen) atoms. The number of halogens is 1. The van der Waals surface area contributed by atoms with Crippen LogP contribution in [0.25, 0.3) is 6.08 Å². The highest BCUT2D eigenvalue weighted by atomic mass is 19.1. The highest BCUT2D eigenvalue weighted by Gasteiger charge is 2.01. The van der Waals surface area contributed by atoms with Crippen molar-refractivity contribution in [3.63, 3.8) is 0 Å². The van der Waals surface area contributed by atoms with Crippen molar-refractivity contribution >= 4 is 17.8 Å². The number of carbonyl (C=O) groups is 1. The van der Waals surface area contributed by atoms with Gasteiger partial charge in [-0.1, -0.05) is 18.2 Å². The molecule has 0 aliphatic carbocycles. The Bertz CT molecular complexity index is 683. The quantitative estimate of drug-likeness (QED) is 0.863. The number of rotatable bonds is 5. The van der Waals surface area contributed by atoms with Crippen LogP contribution in [0.5, 0.6) is 0 Å². The summed E-state index contributed by atoms with van der Waals surface area (Å²) in [5, 5.41) is 2.76. The Balaban J connectivity index is 1.93. The molecule has 0 bridgehead atoms. The van der Waals surface area contributed by atoms with Crippen molar-refractivity contribution in [2.75, 3.05) is 19.0 Å². The molecule has 1 aromatic carbocycles. The van der Waals surface area contributed by atoms with Gasteiger partial charge in [0.25, 0.3) is 0 Å². The number of hydrogen-bond acceptors (Lipinski definition) is 3. The molecule has 0 aliphatic rings. The molecular weight excluding hydrogens is 281 g/mol. The molecule has 0 saturated heterocycles. The third-order valence-corrected chi connectivity index (χ3v) is 3.05. The Morgan fingerprint density at radius 2 is 2.09 bits per heavy atom. The highest BCUT2D eigenvalue weighted by Crippen LogP contribution is 2.10. The summed E-state index contributed by atoms with van der Waals surface area (Å²) < 4.78 is 13.4. The van der Waals surface area contributed by atoms with Gasteiger partial charge in [-0.05, 0) is 29.8 Å². The molecule has 2 rings (SSSR count). The predicted molar refractivity (Wildman–Crippen MR) is 85.8 cm³/mol. The van der Waals surface area contributed by atoms with Crippen LogP contribution in [-0.4, -0.2) is 25.0 Å². The van der Waals surface area contributed by atoms with E-state index in [-0.39, 0.29) is 11.7 Å². The van der Waals surface area contributed by atoms with Gasteiger partial charge in [-0.3, -0.25) is 4.79 Å². The zero-order valence-electron chi connectivity index (χ0n) is 12.6. The largest absolute Gasteiger partial charge is 0.363 e. The monoisotopic (exact) mass is 299 g/mol. The molecule has 4 nitrogen and oxygen atoms in total. The van der Waals surface area contributed by atoms with Crippen molar-refractivity contribution < 1.29 is 9.18 Å². The molecule has 1 amide bonds. The topological polar surface area (TPSA) is 45.2 Å². The lowest BCUT2D eigenvalue weighted by Crippen LogP contribution is -2.20. The number of benzene rings is 1. The molecule has 1 heterocycles. The number of amides is 1. The Kier molecular flexibility index (Phi) is 5.25. The first-order valence-corrected chi connectivity index (χ1v) is 6.89. The molecule has 0 fully saturated rings. The average molecular weight is 299 g/mol. The second kappa shape index (κ2) is 7.36. The fourth-order valence-corrected chi connectivity index (χ4v) is 1.84. The first-order valence-electron chi connectivity index (χ1n) is 6.89. The van der Waals surface area contributed by atoms with Gasteiger partial charge in [0.05, 0.1) is 0 Å². The number of nitrogens with zero attached hydrogens (tertiary/aromatic N) is 2. The molecule has 5 heteroatoms. The predicted octanol–water partition coefficient (Wildman–Crippen LogP) is 2.62. The van der Waals surface area contributed by atoms with Gasteiger partial charge in [0, 0.05) is 38.5 Å². The van der Waals surface area contributed by atoms with Gasteiger partial charge < -0.3 is 10.2 Å². The molecule has 0 spiro atoms. The molecule has 1 N–H and O–H groups in total. The van der Waals surface area contributed by atoms with Crippen molar-refractivity contribution in [1.82, 2.24) is 10.3 Å². The fraction of sp³-hybridized carbons (Fsp3) is 0.176. The molecule has 1 aromatic heterocycles. The molecule has 114 valence electrons. The number of anilines is 1. The Hall–Kier alpha value is -2.69. The summed E-state index contributed by atoms with van der Waals surface area (Å²) in [6, 6.07) is 10.1. The van der Waals surface area contributed by atoms with E-state index in [1.807, 2.05) is 31.1 Å². The molecular formula is C17H18FN3O. The zero-order chi connectivity index (χ0) is 15.9. The fourth-order valence-electron chi connectivity index (χ4n) is 1.84. The van der Waals surface area contributed by atoms with E-state index in [1.54, 1.807) is 24.4 Å². The van der Waals surface area contributed by atoms with E-state index in [0.717, 1.165) is 11.4 Å². The SMILES string of the molecule is CN(C)c1cc(CNC(=O)/C=C/c2ccccc2F)ccn1. The number of pyridine rings is 1. The lowest BCUT2D eigenvalue weighted by molar-refractivity contribution is -0.116. The van der Waals surface area contributed by atoms with Crippen LogP contribution in [-0.2, 0) is 11.3 Å². The van der Waals surface area contributed by atoms with Gasteiger partial charge in [-0.15, -0.1) is 0 Å². The van der Waals surface area contributed by atoms with Gasteiger partial charge in [0.2, 0.25) is 5.91 Å². The van der Waals surface area contributed by atoms with Crippen LogP contribution in [0.1, 0.15) is 11.1 Å². The number of hydrogen-bond donors (Lipinski definition) is 1. The maximum Gasteiger partial charge on any atom is 0.244 e. The van der Waals surface area contributed by atoms with Gasteiger partial charge in [0.1, 0.15) is 11.6 Å². The third kappa shape index (κ3) is 4.41. The highest BCUT2D eigenvalue weighted by molar-refractivity contribution is 5.91. The van der Waals surface area contributed by atoms with E-state index in [0.29, 0.717) is 12.1 Å². The number of nitrogens with one attached hydrogen (secondary N) is 1. The van der Waals surface area contributed by atoms with Crippen molar-refractivity contribution in [3.8, 4) is 0 Å². The lowest BCUT2D eigenvalue weighted by Gasteiger charge is -2.12. The summed E-state index contributed by atoms with van der Waals surface area (Å²) in [6.07, 6.45) is 4.49. The summed E-state index contributed by atoms with van der Waals surface area (Å²) >= 11 is 0. The molecule has 0 aliphatic heterocycles. The van der Waals surface area contributed by atoms with Crippen molar-refractivity contribution in [2.45, 2.75) is 6.54 Å². The van der Waals surface area contributed by atoms with E-state index in [1.165, 1.54) is 18.2 Å². The van der Waals surface area contributed by atoms with Crippen LogP contribution in [0.2, 0.25) is 0 Å². The number of carbonyl (C=O) groups excluding carboxylic acids is 1. The maximum absolute atomic E-state index is 13.4. The third-order valence-electron chi connectivity index (χ3n) is 3.05. The lowest BCUT2D eigenvalue weighted by atomic mass is 10.2. The van der Waals surface area contributed by atoms with Crippen molar-refractivity contribution in [1.29, 1.82) is 0 Å². The van der Waals surface area contributed by atoms with Gasteiger partial charge >= 0.3 is 0 Å². The minimum absolute atomic E-state index is 0.272. The summed E-state index contributed by atoms with van der Waals surface area (Å²) in [7, 11) is 3.81. The molecule has 0 atom stereocenters. The average Bonchev–Trinajstić information content (AvgIpc) is 2.52. The Morgan fingerprint density at radius 1 is 1.32 bits per heavy atom. The summed E-state index contributed by atoms with van der Waals surface area (Å²) in [5.41, 5.74) is 1.34. The second-order valence-electron chi connectivity index (χ2n) is 4.99. The first kappa shape index (κ1) is 15.7. The number of aromatic nitrogens is 1. The van der Waals surface area contributed by atoms with Gasteiger partial charge in [0.15, 0.2) is 0 Å². The molecule has 0 radical (unpaired) electrons. The standard InChI is InChI=1S/C17H18FN3O/c1-21(2)16-11-13(9-10-19-16)12-20-17(22)8-7-14-5-3-4-6-15(14)18/h3-11H,12H2,1-2H3,(H,20,22)/b8-7+. The van der Waals surface area contributed by atoms with Gasteiger partial charge in [-0.2, -0.15) is 0 Å². The molecule has 0 saturated carbocycles. The minimum Gasteiger partial charge on any atom is -0.363 e. The molecule has 0 unspecified atom stereocenters. The normalized spacial score (nSPS) is 10.7. The summed E-state index contributed by atoms with van der Waals surface area (Å²) in [4.78, 5) is 17.9. The maximum atomic E-state index is 13.4. The summed E-state index contributed by atoms with van der Waals surface area (Å²) in [5.74, 6) is 0.205. The Labute approximate surface area is 129 Å². The van der Waals surface area contributed by atoms with E-state index >= 15 is 0 Å².